The lowest BCUT2D eigenvalue weighted by Gasteiger charge is -2.14. The van der Waals surface area contributed by atoms with E-state index >= 15 is 0 Å². The zero-order valence-electron chi connectivity index (χ0n) is 13.7. The van der Waals surface area contributed by atoms with E-state index in [0.717, 1.165) is 25.5 Å². The first-order chi connectivity index (χ1) is 11.0. The van der Waals surface area contributed by atoms with Gasteiger partial charge < -0.3 is 15.8 Å². The number of carbonyl (C=O) groups is 1. The van der Waals surface area contributed by atoms with Crippen LogP contribution in [0.2, 0.25) is 0 Å². The van der Waals surface area contributed by atoms with Crippen LogP contribution in [0.1, 0.15) is 17.0 Å². The summed E-state index contributed by atoms with van der Waals surface area (Å²) >= 11 is 3.12. The first kappa shape index (κ1) is 20.9. The molecule has 0 saturated heterocycles. The van der Waals surface area contributed by atoms with Crippen LogP contribution in [0.3, 0.4) is 0 Å². The molecule has 0 aliphatic rings. The normalized spacial score (nSPS) is 11.7. The topological polar surface area (TPSA) is 90.1 Å². The second kappa shape index (κ2) is 9.95. The molecule has 24 heavy (non-hydrogen) atoms. The van der Waals surface area contributed by atoms with Crippen LogP contribution >= 0.6 is 35.5 Å². The number of halogens is 1. The molecule has 1 aromatic carbocycles. The van der Waals surface area contributed by atoms with Crippen LogP contribution in [0.25, 0.3) is 0 Å². The Kier molecular flexibility index (Phi) is 8.65. The summed E-state index contributed by atoms with van der Waals surface area (Å²) in [7, 11) is 1.55. The van der Waals surface area contributed by atoms with Gasteiger partial charge in [-0.25, -0.2) is 0 Å². The third kappa shape index (κ3) is 6.03. The van der Waals surface area contributed by atoms with Gasteiger partial charge in [0.2, 0.25) is 5.91 Å². The van der Waals surface area contributed by atoms with Crippen LogP contribution in [-0.2, 0) is 9.53 Å². The van der Waals surface area contributed by atoms with Crippen LogP contribution in [0.15, 0.2) is 27.4 Å². The summed E-state index contributed by atoms with van der Waals surface area (Å²) in [5.41, 5.74) is 7.32. The number of nitrogens with zero attached hydrogens (tertiary/aromatic N) is 2. The number of nitrogens with two attached hydrogens (primary N) is 1. The number of rotatable bonds is 7. The molecule has 1 atom stereocenters. The Bertz CT molecular complexity index is 677. The van der Waals surface area contributed by atoms with Crippen molar-refractivity contribution in [1.82, 2.24) is 10.2 Å². The number of anilines is 1. The summed E-state index contributed by atoms with van der Waals surface area (Å²) in [6.07, 6.45) is -0.0155. The molecule has 2 rings (SSSR count). The number of ether oxygens (including phenoxy) is 1. The number of carbonyl (C=O) groups excluding carboxylic acids is 1. The van der Waals surface area contributed by atoms with E-state index in [1.54, 1.807) is 30.2 Å². The molecule has 9 heteroatoms. The summed E-state index contributed by atoms with van der Waals surface area (Å²) in [6.45, 7) is 4.21. The fourth-order valence-electron chi connectivity index (χ4n) is 1.93. The third-order valence-electron chi connectivity index (χ3n) is 3.19. The molecule has 1 heterocycles. The lowest BCUT2D eigenvalue weighted by molar-refractivity contribution is -0.118. The maximum atomic E-state index is 12.0. The number of amides is 1. The lowest BCUT2D eigenvalue weighted by Crippen LogP contribution is -2.28. The molecular weight excluding hydrogens is 368 g/mol. The number of nitrogens with one attached hydrogen (secondary N) is 1. The van der Waals surface area contributed by atoms with Crippen molar-refractivity contribution in [2.75, 3.05) is 19.0 Å². The Hall–Kier alpha value is -1.19. The molecule has 6 nitrogen and oxygen atoms in total. The van der Waals surface area contributed by atoms with Crippen molar-refractivity contribution in [3.05, 3.63) is 28.8 Å². The van der Waals surface area contributed by atoms with Gasteiger partial charge in [0, 0.05) is 24.2 Å². The van der Waals surface area contributed by atoms with E-state index in [9.17, 15) is 4.79 Å². The smallest absolute Gasteiger partial charge is 0.227 e. The first-order valence-corrected chi connectivity index (χ1v) is 8.76. The maximum Gasteiger partial charge on any atom is 0.227 e. The minimum Gasteiger partial charge on any atom is -0.380 e. The molecule has 0 radical (unpaired) electrons. The second-order valence-electron chi connectivity index (χ2n) is 5.01. The minimum atomic E-state index is -0.259. The van der Waals surface area contributed by atoms with Crippen molar-refractivity contribution in [3.8, 4) is 0 Å². The van der Waals surface area contributed by atoms with E-state index in [0.29, 0.717) is 6.54 Å². The Balaban J connectivity index is 0.00000288. The largest absolute Gasteiger partial charge is 0.380 e. The van der Waals surface area contributed by atoms with Crippen molar-refractivity contribution in [1.29, 1.82) is 0 Å². The zero-order valence-corrected chi connectivity index (χ0v) is 16.2. The van der Waals surface area contributed by atoms with Gasteiger partial charge in [-0.05, 0) is 37.6 Å². The van der Waals surface area contributed by atoms with Crippen molar-refractivity contribution in [3.63, 3.8) is 0 Å². The molecule has 1 aromatic heterocycles. The summed E-state index contributed by atoms with van der Waals surface area (Å²) < 4.78 is 6.03. The number of aryl methyl sites for hydroxylation is 2. The number of hydrogen-bond acceptors (Lipinski definition) is 7. The molecule has 0 saturated carbocycles. The van der Waals surface area contributed by atoms with E-state index < -0.39 is 0 Å². The highest BCUT2D eigenvalue weighted by Crippen LogP contribution is 2.32. The molecule has 0 spiro atoms. The van der Waals surface area contributed by atoms with Gasteiger partial charge in [-0.15, -0.1) is 22.6 Å². The summed E-state index contributed by atoms with van der Waals surface area (Å²) in [6, 6.07) is 5.88. The standard InChI is InChI=1S/C15H20N4O2S2.ClH/c1-9-6-12(23-15-19-18-10(2)22-15)4-5-13(9)17-14(20)7-11(8-16)21-3;/h4-6,11H,7-8,16H2,1-3H3,(H,17,20);1H. The van der Waals surface area contributed by atoms with Gasteiger partial charge >= 0.3 is 0 Å². The van der Waals surface area contributed by atoms with Crippen LogP contribution in [0.5, 0.6) is 0 Å². The second-order valence-corrected chi connectivity index (χ2v) is 7.51. The summed E-state index contributed by atoms with van der Waals surface area (Å²) in [5, 5.41) is 11.9. The molecule has 3 N–H and O–H groups in total. The van der Waals surface area contributed by atoms with Crippen molar-refractivity contribution in [2.45, 2.75) is 35.6 Å². The van der Waals surface area contributed by atoms with Crippen LogP contribution in [0, 0.1) is 13.8 Å². The van der Waals surface area contributed by atoms with Gasteiger partial charge in [-0.1, -0.05) is 23.1 Å². The van der Waals surface area contributed by atoms with Crippen molar-refractivity contribution in [2.24, 2.45) is 5.73 Å². The van der Waals surface area contributed by atoms with Crippen molar-refractivity contribution < 1.29 is 9.53 Å². The molecule has 1 unspecified atom stereocenters. The SMILES string of the molecule is COC(CN)CC(=O)Nc1ccc(Sc2nnc(C)s2)cc1C.Cl. The predicted molar refractivity (Wildman–Crippen MR) is 100 cm³/mol. The van der Waals surface area contributed by atoms with Gasteiger partial charge in [-0.3, -0.25) is 4.79 Å². The van der Waals surface area contributed by atoms with Gasteiger partial charge in [0.1, 0.15) is 5.01 Å². The quantitative estimate of drug-likeness (QED) is 0.757. The molecule has 0 fully saturated rings. The molecular formula is C15H21ClN4O2S2. The zero-order chi connectivity index (χ0) is 16.8. The predicted octanol–water partition coefficient (Wildman–Crippen LogP) is 3.03. The molecule has 1 amide bonds. The highest BCUT2D eigenvalue weighted by Gasteiger charge is 2.13. The molecule has 132 valence electrons. The summed E-state index contributed by atoms with van der Waals surface area (Å²) in [5.74, 6) is -0.106. The monoisotopic (exact) mass is 388 g/mol. The van der Waals surface area contributed by atoms with Crippen LogP contribution in [0.4, 0.5) is 5.69 Å². The average Bonchev–Trinajstić information content (AvgIpc) is 2.92. The van der Waals surface area contributed by atoms with Gasteiger partial charge in [-0.2, -0.15) is 0 Å². The van der Waals surface area contributed by atoms with E-state index in [1.165, 1.54) is 0 Å². The number of benzene rings is 1. The van der Waals surface area contributed by atoms with E-state index in [-0.39, 0.29) is 30.8 Å². The average molecular weight is 389 g/mol. The van der Waals surface area contributed by atoms with Gasteiger partial charge in [0.05, 0.1) is 12.5 Å². The number of aromatic nitrogens is 2. The molecule has 0 bridgehead atoms. The van der Waals surface area contributed by atoms with Crippen molar-refractivity contribution >= 4 is 47.1 Å². The lowest BCUT2D eigenvalue weighted by atomic mass is 10.2. The van der Waals surface area contributed by atoms with Crippen LogP contribution < -0.4 is 11.1 Å². The fraction of sp³-hybridized carbons (Fsp3) is 0.400. The third-order valence-corrected chi connectivity index (χ3v) is 5.07. The minimum absolute atomic E-state index is 0. The van der Waals surface area contributed by atoms with E-state index in [2.05, 4.69) is 15.5 Å². The van der Waals surface area contributed by atoms with Gasteiger partial charge in [0.25, 0.3) is 0 Å². The number of hydrogen-bond donors (Lipinski definition) is 2. The molecule has 0 aliphatic heterocycles. The van der Waals surface area contributed by atoms with E-state index in [4.69, 9.17) is 10.5 Å². The Morgan fingerprint density at radius 1 is 1.42 bits per heavy atom. The number of methoxy groups -OCH3 is 1. The Morgan fingerprint density at radius 2 is 2.17 bits per heavy atom. The molecule has 2 aromatic rings. The summed E-state index contributed by atoms with van der Waals surface area (Å²) in [4.78, 5) is 13.1. The fourth-order valence-corrected chi connectivity index (χ4v) is 3.82. The maximum absolute atomic E-state index is 12.0. The first-order valence-electron chi connectivity index (χ1n) is 7.13. The highest BCUT2D eigenvalue weighted by molar-refractivity contribution is 8.01. The highest BCUT2D eigenvalue weighted by atomic mass is 35.5. The Labute approximate surface area is 156 Å². The van der Waals surface area contributed by atoms with Crippen LogP contribution in [-0.4, -0.2) is 35.9 Å². The van der Waals surface area contributed by atoms with Gasteiger partial charge in [0.15, 0.2) is 4.34 Å². The molecule has 0 aliphatic carbocycles. The van der Waals surface area contributed by atoms with E-state index in [1.807, 2.05) is 32.0 Å². The Morgan fingerprint density at radius 3 is 2.71 bits per heavy atom.